The smallest absolute Gasteiger partial charge is 0.159 e. The first-order chi connectivity index (χ1) is 28.2. The Morgan fingerprint density at radius 3 is 2.05 bits per heavy atom. The zero-order chi connectivity index (χ0) is 37.5. The third-order valence-electron chi connectivity index (χ3n) is 11.5. The Labute approximate surface area is 332 Å². The van der Waals surface area contributed by atoms with Crippen molar-refractivity contribution >= 4 is 81.1 Å². The van der Waals surface area contributed by atoms with Crippen LogP contribution in [0, 0.1) is 0 Å². The Morgan fingerprint density at radius 1 is 0.526 bits per heavy atom. The molecular weight excluding hydrogens is 717 g/mol. The average Bonchev–Trinajstić information content (AvgIpc) is 3.96. The van der Waals surface area contributed by atoms with Gasteiger partial charge in [-0.2, -0.15) is 0 Å². The number of hydrogen-bond donors (Lipinski definition) is 2. The van der Waals surface area contributed by atoms with Gasteiger partial charge in [-0.15, -0.1) is 11.3 Å². The number of aromatic nitrogens is 1. The van der Waals surface area contributed by atoms with Gasteiger partial charge in [0.1, 0.15) is 23.8 Å². The molecule has 270 valence electrons. The summed E-state index contributed by atoms with van der Waals surface area (Å²) in [6, 6.07) is 64.9. The van der Waals surface area contributed by atoms with E-state index in [2.05, 4.69) is 191 Å². The maximum atomic E-state index is 6.89. The number of nitrogens with zero attached hydrogens (tertiary/aromatic N) is 2. The van der Waals surface area contributed by atoms with Crippen molar-refractivity contribution in [2.45, 2.75) is 12.3 Å². The number of hydrogen-bond acceptors (Lipinski definition) is 5. The van der Waals surface area contributed by atoms with E-state index in [4.69, 9.17) is 9.41 Å². The second-order valence-electron chi connectivity index (χ2n) is 14.8. The van der Waals surface area contributed by atoms with Gasteiger partial charge in [-0.1, -0.05) is 133 Å². The zero-order valence-corrected chi connectivity index (χ0v) is 31.5. The van der Waals surface area contributed by atoms with Crippen molar-refractivity contribution in [2.24, 2.45) is 4.99 Å². The summed E-state index contributed by atoms with van der Waals surface area (Å²) in [5.74, 6) is 0.879. The molecule has 0 radical (unpaired) electrons. The van der Waals surface area contributed by atoms with Crippen molar-refractivity contribution in [1.29, 1.82) is 0 Å². The molecule has 2 N–H and O–H groups in total. The Kier molecular flexibility index (Phi) is 7.24. The number of fused-ring (bicyclic) bond motifs is 9. The molecule has 0 aliphatic carbocycles. The topological polar surface area (TPSA) is 54.5 Å². The van der Waals surface area contributed by atoms with Crippen LogP contribution in [0.15, 0.2) is 191 Å². The van der Waals surface area contributed by atoms with Crippen molar-refractivity contribution in [3.8, 4) is 16.8 Å². The average molecular weight is 751 g/mol. The van der Waals surface area contributed by atoms with E-state index in [9.17, 15) is 0 Å². The summed E-state index contributed by atoms with van der Waals surface area (Å²) in [6.45, 7) is 0. The van der Waals surface area contributed by atoms with Gasteiger partial charge in [0.25, 0.3) is 0 Å². The van der Waals surface area contributed by atoms with E-state index in [0.717, 1.165) is 50.2 Å². The lowest BCUT2D eigenvalue weighted by molar-refractivity contribution is 0.409. The van der Waals surface area contributed by atoms with Gasteiger partial charge in [-0.3, -0.25) is 5.32 Å². The normalized spacial score (nSPS) is 15.9. The van der Waals surface area contributed by atoms with Crippen molar-refractivity contribution < 1.29 is 4.42 Å². The lowest BCUT2D eigenvalue weighted by Crippen LogP contribution is -2.44. The van der Waals surface area contributed by atoms with Gasteiger partial charge >= 0.3 is 0 Å². The number of rotatable bonds is 5. The molecule has 12 rings (SSSR count). The summed E-state index contributed by atoms with van der Waals surface area (Å²) in [7, 11) is 0. The molecule has 0 amide bonds. The van der Waals surface area contributed by atoms with Crippen LogP contribution in [-0.4, -0.2) is 10.4 Å². The van der Waals surface area contributed by atoms with Gasteiger partial charge in [-0.25, -0.2) is 4.99 Å². The molecule has 57 heavy (non-hydrogen) atoms. The van der Waals surface area contributed by atoms with Crippen LogP contribution in [0.1, 0.15) is 29.0 Å². The van der Waals surface area contributed by atoms with Gasteiger partial charge < -0.3 is 14.3 Å². The van der Waals surface area contributed by atoms with E-state index >= 15 is 0 Å². The SMILES string of the molecule is c1ccc(C2=NC(c3ccc4sc5cccc(-c6ccc7c(c6)oc6c(-n8c9ccccc9c9ccccc98)cccc67)c5c4c3)NC(c3ccccc3)N2)cc1. The summed E-state index contributed by atoms with van der Waals surface area (Å²) >= 11 is 1.84. The van der Waals surface area contributed by atoms with Gasteiger partial charge in [0.15, 0.2) is 5.58 Å². The maximum Gasteiger partial charge on any atom is 0.159 e. The van der Waals surface area contributed by atoms with Crippen LogP contribution in [0.3, 0.4) is 0 Å². The lowest BCUT2D eigenvalue weighted by atomic mass is 9.97. The molecule has 6 heteroatoms. The van der Waals surface area contributed by atoms with Gasteiger partial charge in [0.2, 0.25) is 0 Å². The fourth-order valence-corrected chi connectivity index (χ4v) is 9.97. The van der Waals surface area contributed by atoms with Crippen LogP contribution in [0.5, 0.6) is 0 Å². The van der Waals surface area contributed by atoms with E-state index in [0.29, 0.717) is 0 Å². The van der Waals surface area contributed by atoms with Crippen LogP contribution in [0.2, 0.25) is 0 Å². The molecule has 11 aromatic rings. The third-order valence-corrected chi connectivity index (χ3v) is 12.6. The van der Waals surface area contributed by atoms with E-state index in [-0.39, 0.29) is 12.3 Å². The Bertz CT molecular complexity index is 3320. The monoisotopic (exact) mass is 750 g/mol. The fraction of sp³-hybridized carbons (Fsp3) is 0.0392. The molecule has 2 unspecified atom stereocenters. The van der Waals surface area contributed by atoms with Gasteiger partial charge in [-0.05, 0) is 70.8 Å². The second kappa shape index (κ2) is 12.8. The molecule has 4 heterocycles. The number of benzene rings is 8. The number of aliphatic imine (C=N–C) groups is 1. The van der Waals surface area contributed by atoms with E-state index in [1.54, 1.807) is 0 Å². The van der Waals surface area contributed by atoms with Crippen molar-refractivity contribution in [3.05, 3.63) is 199 Å². The summed E-state index contributed by atoms with van der Waals surface area (Å²) in [6.07, 6.45) is -0.339. The predicted octanol–water partition coefficient (Wildman–Crippen LogP) is 13.1. The first-order valence-corrected chi connectivity index (χ1v) is 20.2. The molecule has 3 aromatic heterocycles. The Balaban J connectivity index is 0.991. The first-order valence-electron chi connectivity index (χ1n) is 19.4. The molecule has 8 aromatic carbocycles. The van der Waals surface area contributed by atoms with Crippen LogP contribution in [0.4, 0.5) is 0 Å². The second-order valence-corrected chi connectivity index (χ2v) is 15.9. The van der Waals surface area contributed by atoms with Gasteiger partial charge in [0.05, 0.1) is 16.7 Å². The summed E-state index contributed by atoms with van der Waals surface area (Å²) in [5.41, 5.74) is 10.8. The molecule has 5 nitrogen and oxygen atoms in total. The Morgan fingerprint density at radius 2 is 1.25 bits per heavy atom. The minimum atomic E-state index is -0.242. The van der Waals surface area contributed by atoms with E-state index in [1.165, 1.54) is 53.1 Å². The Hall–Kier alpha value is -6.99. The van der Waals surface area contributed by atoms with Crippen LogP contribution in [0.25, 0.3) is 80.7 Å². The lowest BCUT2D eigenvalue weighted by Gasteiger charge is -2.32. The quantitative estimate of drug-likeness (QED) is 0.184. The van der Waals surface area contributed by atoms with Crippen molar-refractivity contribution in [3.63, 3.8) is 0 Å². The molecule has 0 bridgehead atoms. The van der Waals surface area contributed by atoms with Crippen molar-refractivity contribution in [1.82, 2.24) is 15.2 Å². The maximum absolute atomic E-state index is 6.89. The largest absolute Gasteiger partial charge is 0.454 e. The summed E-state index contributed by atoms with van der Waals surface area (Å²) in [5, 5.41) is 14.6. The van der Waals surface area contributed by atoms with Crippen molar-refractivity contribution in [2.75, 3.05) is 0 Å². The molecule has 1 aliphatic rings. The molecule has 0 fully saturated rings. The molecule has 1 aliphatic heterocycles. The first kappa shape index (κ1) is 32.3. The minimum Gasteiger partial charge on any atom is -0.454 e. The van der Waals surface area contributed by atoms with Crippen LogP contribution >= 0.6 is 11.3 Å². The minimum absolute atomic E-state index is 0.0969. The van der Waals surface area contributed by atoms with E-state index < -0.39 is 0 Å². The molecule has 2 atom stereocenters. The number of nitrogens with one attached hydrogen (secondary N) is 2. The van der Waals surface area contributed by atoms with Crippen LogP contribution < -0.4 is 10.6 Å². The highest BCUT2D eigenvalue weighted by molar-refractivity contribution is 7.25. The molecule has 0 saturated carbocycles. The number of thiophene rings is 1. The highest BCUT2D eigenvalue weighted by atomic mass is 32.1. The fourth-order valence-electron chi connectivity index (χ4n) is 8.85. The van der Waals surface area contributed by atoms with E-state index in [1.807, 2.05) is 17.4 Å². The standard InChI is InChI=1S/C51H34N4OS/c1-3-13-31(14-4-1)49-52-50(32-15-5-2-6-16-32)54-51(53-49)34-26-28-45-40(29-34)47-35(19-12-24-46(47)57-45)33-25-27-38-39-20-11-23-43(48(39)56-44(38)30-33)55-41-21-9-7-17-36(41)37-18-8-10-22-42(37)55/h1-30,49,51,53H,(H,52,54). The number of furan rings is 1. The highest BCUT2D eigenvalue weighted by Gasteiger charge is 2.26. The predicted molar refractivity (Wildman–Crippen MR) is 238 cm³/mol. The van der Waals surface area contributed by atoms with Gasteiger partial charge in [0, 0.05) is 47.3 Å². The zero-order valence-electron chi connectivity index (χ0n) is 30.7. The van der Waals surface area contributed by atoms with Crippen LogP contribution in [-0.2, 0) is 0 Å². The summed E-state index contributed by atoms with van der Waals surface area (Å²) < 4.78 is 11.7. The number of amidine groups is 1. The summed E-state index contributed by atoms with van der Waals surface area (Å²) in [4.78, 5) is 5.25. The third kappa shape index (κ3) is 5.15. The molecular formula is C51H34N4OS. The molecule has 0 spiro atoms. The highest BCUT2D eigenvalue weighted by Crippen LogP contribution is 2.44. The molecule has 0 saturated heterocycles. The number of para-hydroxylation sites is 3.